The van der Waals surface area contributed by atoms with Gasteiger partial charge in [-0.2, -0.15) is 0 Å². The smallest absolute Gasteiger partial charge is 0.408 e. The number of carboxylic acids is 1. The molecule has 6 heteroatoms. The van der Waals surface area contributed by atoms with E-state index in [2.05, 4.69) is 5.32 Å². The Morgan fingerprint density at radius 1 is 1.47 bits per heavy atom. The zero-order chi connectivity index (χ0) is 12.1. The highest BCUT2D eigenvalue weighted by Gasteiger charge is 2.23. The molecule has 1 unspecified atom stereocenters. The molecule has 88 valence electrons. The largest absolute Gasteiger partial charge is 0.480 e. The molecule has 0 aromatic rings. The quantitative estimate of drug-likeness (QED) is 0.750. The van der Waals surface area contributed by atoms with Gasteiger partial charge in [-0.1, -0.05) is 0 Å². The monoisotopic (exact) mass is 221 g/mol. The number of aliphatic carboxylic acids is 1. The Balaban J connectivity index is 4.18. The minimum absolute atomic E-state index is 0.269. The summed E-state index contributed by atoms with van der Waals surface area (Å²) < 4.78 is 16.8. The SMILES string of the molecule is CC(C)(C)OC(=O)NC(CCF)C(=O)O. The molecule has 0 saturated carbocycles. The number of alkyl carbamates (subject to hydrolysis) is 1. The van der Waals surface area contributed by atoms with Crippen LogP contribution in [0.1, 0.15) is 27.2 Å². The van der Waals surface area contributed by atoms with E-state index in [1.165, 1.54) is 0 Å². The molecule has 0 fully saturated rings. The van der Waals surface area contributed by atoms with Gasteiger partial charge in [0.25, 0.3) is 0 Å². The van der Waals surface area contributed by atoms with Gasteiger partial charge in [0.05, 0.1) is 6.67 Å². The molecule has 0 saturated heterocycles. The molecular weight excluding hydrogens is 205 g/mol. The third-order valence-electron chi connectivity index (χ3n) is 1.39. The second-order valence-corrected chi connectivity index (χ2v) is 4.01. The van der Waals surface area contributed by atoms with Gasteiger partial charge < -0.3 is 15.2 Å². The molecule has 0 spiro atoms. The zero-order valence-corrected chi connectivity index (χ0v) is 9.04. The zero-order valence-electron chi connectivity index (χ0n) is 9.04. The molecule has 0 heterocycles. The van der Waals surface area contributed by atoms with Crippen LogP contribution in [-0.4, -0.2) is 35.5 Å². The van der Waals surface area contributed by atoms with Crippen molar-refractivity contribution >= 4 is 12.1 Å². The fourth-order valence-corrected chi connectivity index (χ4v) is 0.816. The summed E-state index contributed by atoms with van der Waals surface area (Å²) in [5.41, 5.74) is -0.706. The minimum Gasteiger partial charge on any atom is -0.480 e. The summed E-state index contributed by atoms with van der Waals surface area (Å²) in [6.45, 7) is 4.14. The lowest BCUT2D eigenvalue weighted by molar-refractivity contribution is -0.139. The maximum absolute atomic E-state index is 11.9. The Kier molecular flexibility index (Phi) is 5.04. The number of nitrogens with one attached hydrogen (secondary N) is 1. The van der Waals surface area contributed by atoms with Crippen LogP contribution < -0.4 is 5.32 Å². The Hall–Kier alpha value is -1.33. The van der Waals surface area contributed by atoms with Gasteiger partial charge >= 0.3 is 12.1 Å². The number of hydrogen-bond donors (Lipinski definition) is 2. The first-order valence-corrected chi connectivity index (χ1v) is 4.54. The molecule has 0 aliphatic heterocycles. The van der Waals surface area contributed by atoms with Crippen molar-refractivity contribution in [2.45, 2.75) is 38.8 Å². The van der Waals surface area contributed by atoms with Gasteiger partial charge in [0.2, 0.25) is 0 Å². The summed E-state index contributed by atoms with van der Waals surface area (Å²) in [5.74, 6) is -1.28. The first-order chi connectivity index (χ1) is 6.76. The number of carbonyl (C=O) groups is 2. The summed E-state index contributed by atoms with van der Waals surface area (Å²) in [5, 5.41) is 10.7. The molecule has 1 amide bonds. The van der Waals surface area contributed by atoms with E-state index in [4.69, 9.17) is 9.84 Å². The molecule has 1 atom stereocenters. The van der Waals surface area contributed by atoms with Crippen LogP contribution >= 0.6 is 0 Å². The van der Waals surface area contributed by atoms with Gasteiger partial charge in [-0.3, -0.25) is 4.39 Å². The van der Waals surface area contributed by atoms with Crippen LogP contribution in [0.5, 0.6) is 0 Å². The maximum atomic E-state index is 11.9. The molecule has 0 rings (SSSR count). The van der Waals surface area contributed by atoms with Gasteiger partial charge in [0, 0.05) is 6.42 Å². The van der Waals surface area contributed by atoms with E-state index in [0.29, 0.717) is 0 Å². The minimum atomic E-state index is -1.28. The fraction of sp³-hybridized carbons (Fsp3) is 0.778. The van der Waals surface area contributed by atoms with E-state index in [1.54, 1.807) is 20.8 Å². The second-order valence-electron chi connectivity index (χ2n) is 4.01. The van der Waals surface area contributed by atoms with Crippen molar-refractivity contribution in [3.05, 3.63) is 0 Å². The standard InChI is InChI=1S/C9H16FNO4/c1-9(2,3)15-8(14)11-6(4-5-10)7(12)13/h6H,4-5H2,1-3H3,(H,11,14)(H,12,13). The average Bonchev–Trinajstić information content (AvgIpc) is 1.99. The predicted molar refractivity (Wildman–Crippen MR) is 51.4 cm³/mol. The summed E-state index contributed by atoms with van der Waals surface area (Å²) in [6, 6.07) is -1.25. The lowest BCUT2D eigenvalue weighted by Gasteiger charge is -2.21. The van der Waals surface area contributed by atoms with Crippen LogP contribution in [0.25, 0.3) is 0 Å². The van der Waals surface area contributed by atoms with Crippen LogP contribution in [0.15, 0.2) is 0 Å². The van der Waals surface area contributed by atoms with E-state index in [9.17, 15) is 14.0 Å². The summed E-state index contributed by atoms with van der Waals surface area (Å²) >= 11 is 0. The normalized spacial score (nSPS) is 13.1. The number of amides is 1. The first kappa shape index (κ1) is 13.7. The average molecular weight is 221 g/mol. The van der Waals surface area contributed by atoms with E-state index in [-0.39, 0.29) is 6.42 Å². The Morgan fingerprint density at radius 2 is 2.00 bits per heavy atom. The fourth-order valence-electron chi connectivity index (χ4n) is 0.816. The van der Waals surface area contributed by atoms with Crippen LogP contribution in [0.2, 0.25) is 0 Å². The molecule has 0 aliphatic rings. The molecule has 0 radical (unpaired) electrons. The molecule has 0 aliphatic carbocycles. The van der Waals surface area contributed by atoms with Gasteiger partial charge in [0.1, 0.15) is 11.6 Å². The Bertz CT molecular complexity index is 237. The highest BCUT2D eigenvalue weighted by atomic mass is 19.1. The van der Waals surface area contributed by atoms with Crippen molar-refractivity contribution in [1.82, 2.24) is 5.32 Å². The number of hydrogen-bond acceptors (Lipinski definition) is 3. The number of rotatable bonds is 4. The summed E-state index contributed by atoms with van der Waals surface area (Å²) in [4.78, 5) is 21.7. The highest BCUT2D eigenvalue weighted by Crippen LogP contribution is 2.07. The van der Waals surface area contributed by atoms with Crippen molar-refractivity contribution < 1.29 is 23.8 Å². The molecule has 0 bridgehead atoms. The topological polar surface area (TPSA) is 75.6 Å². The van der Waals surface area contributed by atoms with Crippen LogP contribution in [0.4, 0.5) is 9.18 Å². The number of ether oxygens (including phenoxy) is 1. The van der Waals surface area contributed by atoms with Crippen LogP contribution in [0.3, 0.4) is 0 Å². The third kappa shape index (κ3) is 6.70. The molecule has 2 N–H and O–H groups in total. The van der Waals surface area contributed by atoms with Crippen molar-refractivity contribution in [2.24, 2.45) is 0 Å². The molecule has 0 aromatic heterocycles. The van der Waals surface area contributed by atoms with Crippen molar-refractivity contribution in [3.63, 3.8) is 0 Å². The van der Waals surface area contributed by atoms with Crippen molar-refractivity contribution in [3.8, 4) is 0 Å². The summed E-state index contributed by atoms with van der Waals surface area (Å²) in [7, 11) is 0. The van der Waals surface area contributed by atoms with E-state index >= 15 is 0 Å². The van der Waals surface area contributed by atoms with E-state index in [0.717, 1.165) is 0 Å². The highest BCUT2D eigenvalue weighted by molar-refractivity contribution is 5.79. The third-order valence-corrected chi connectivity index (χ3v) is 1.39. The predicted octanol–water partition coefficient (Wildman–Crippen LogP) is 1.32. The number of alkyl halides is 1. The lowest BCUT2D eigenvalue weighted by Crippen LogP contribution is -2.43. The lowest BCUT2D eigenvalue weighted by atomic mass is 10.2. The van der Waals surface area contributed by atoms with Crippen molar-refractivity contribution in [2.75, 3.05) is 6.67 Å². The van der Waals surface area contributed by atoms with Gasteiger partial charge in [0.15, 0.2) is 0 Å². The van der Waals surface area contributed by atoms with Gasteiger partial charge in [-0.15, -0.1) is 0 Å². The van der Waals surface area contributed by atoms with E-state index in [1.807, 2.05) is 0 Å². The first-order valence-electron chi connectivity index (χ1n) is 4.54. The second kappa shape index (κ2) is 5.53. The van der Waals surface area contributed by atoms with E-state index < -0.39 is 30.4 Å². The maximum Gasteiger partial charge on any atom is 0.408 e. The number of halogens is 1. The van der Waals surface area contributed by atoms with Gasteiger partial charge in [-0.05, 0) is 20.8 Å². The van der Waals surface area contributed by atoms with Crippen LogP contribution in [-0.2, 0) is 9.53 Å². The van der Waals surface area contributed by atoms with Crippen molar-refractivity contribution in [1.29, 1.82) is 0 Å². The molecule has 15 heavy (non-hydrogen) atoms. The van der Waals surface area contributed by atoms with Crippen LogP contribution in [0, 0.1) is 0 Å². The molecule has 0 aromatic carbocycles. The Labute approximate surface area is 87.6 Å². The summed E-state index contributed by atoms with van der Waals surface area (Å²) in [6.07, 6.45) is -1.13. The van der Waals surface area contributed by atoms with Gasteiger partial charge in [-0.25, -0.2) is 9.59 Å². The molecule has 5 nitrogen and oxygen atoms in total. The molecular formula is C9H16FNO4. The number of carbonyl (C=O) groups excluding carboxylic acids is 1. The number of carboxylic acid groups (broad SMARTS) is 1. The Morgan fingerprint density at radius 3 is 2.33 bits per heavy atom.